The van der Waals surface area contributed by atoms with Crippen LogP contribution in [-0.2, 0) is 5.41 Å². The number of aromatic nitrogens is 4. The highest BCUT2D eigenvalue weighted by molar-refractivity contribution is 6.13. The molecule has 0 amide bonds. The van der Waals surface area contributed by atoms with E-state index in [9.17, 15) is 0 Å². The third-order valence-corrected chi connectivity index (χ3v) is 13.3. The Morgan fingerprint density at radius 3 is 1.84 bits per heavy atom. The molecule has 61 heavy (non-hydrogen) atoms. The first-order chi connectivity index (χ1) is 30.0. The van der Waals surface area contributed by atoms with Gasteiger partial charge in [0.05, 0.1) is 33.3 Å². The molecule has 0 aliphatic heterocycles. The molecule has 0 N–H and O–H groups in total. The topological polar surface area (TPSA) is 35.6 Å². The Labute approximate surface area is 352 Å². The molecule has 0 saturated carbocycles. The van der Waals surface area contributed by atoms with E-state index in [2.05, 4.69) is 217 Å². The highest BCUT2D eigenvalue weighted by atomic mass is 15.2. The highest BCUT2D eigenvalue weighted by Crippen LogP contribution is 2.50. The summed E-state index contributed by atoms with van der Waals surface area (Å²) in [5, 5.41) is 8.14. The number of hydrogen-bond acceptors (Lipinski definition) is 2. The van der Waals surface area contributed by atoms with Gasteiger partial charge in [-0.15, -0.1) is 0 Å². The molecule has 4 heteroatoms. The number of benzene rings is 9. The van der Waals surface area contributed by atoms with Crippen molar-refractivity contribution in [3.05, 3.63) is 205 Å². The molecule has 0 bridgehead atoms. The maximum atomic E-state index is 5.56. The summed E-state index contributed by atoms with van der Waals surface area (Å²) in [5.41, 5.74) is 16.2. The van der Waals surface area contributed by atoms with Crippen molar-refractivity contribution in [3.8, 4) is 45.1 Å². The Bertz CT molecular complexity index is 3790. The molecule has 0 atom stereocenters. The van der Waals surface area contributed by atoms with Crippen molar-refractivity contribution < 1.29 is 0 Å². The van der Waals surface area contributed by atoms with E-state index < -0.39 is 0 Å². The summed E-state index contributed by atoms with van der Waals surface area (Å²) < 4.78 is 4.65. The van der Waals surface area contributed by atoms with Crippen molar-refractivity contribution >= 4 is 65.3 Å². The van der Waals surface area contributed by atoms with Crippen LogP contribution in [0.1, 0.15) is 25.0 Å². The van der Waals surface area contributed by atoms with E-state index in [0.29, 0.717) is 5.95 Å². The van der Waals surface area contributed by atoms with Crippen molar-refractivity contribution in [2.24, 2.45) is 0 Å². The minimum Gasteiger partial charge on any atom is -0.309 e. The third-order valence-electron chi connectivity index (χ3n) is 13.3. The van der Waals surface area contributed by atoms with Gasteiger partial charge in [0.1, 0.15) is 0 Å². The largest absolute Gasteiger partial charge is 0.309 e. The minimum absolute atomic E-state index is 0.0759. The van der Waals surface area contributed by atoms with Gasteiger partial charge in [0.25, 0.3) is 0 Å². The molecule has 1 aliphatic rings. The van der Waals surface area contributed by atoms with E-state index >= 15 is 0 Å². The van der Waals surface area contributed by atoms with E-state index in [0.717, 1.165) is 60.6 Å². The summed E-state index contributed by atoms with van der Waals surface area (Å²) in [6.45, 7) is 4.66. The number of rotatable bonds is 4. The van der Waals surface area contributed by atoms with Gasteiger partial charge in [-0.05, 0) is 93.4 Å². The van der Waals surface area contributed by atoms with E-state index in [-0.39, 0.29) is 5.41 Å². The lowest BCUT2D eigenvalue weighted by atomic mass is 9.82. The molecule has 0 spiro atoms. The second-order valence-corrected chi connectivity index (χ2v) is 17.0. The van der Waals surface area contributed by atoms with Crippen LogP contribution in [0, 0.1) is 0 Å². The van der Waals surface area contributed by atoms with Crippen LogP contribution in [0.5, 0.6) is 0 Å². The predicted molar refractivity (Wildman–Crippen MR) is 254 cm³/mol. The summed E-state index contributed by atoms with van der Waals surface area (Å²) in [6.07, 6.45) is 0. The van der Waals surface area contributed by atoms with Crippen LogP contribution < -0.4 is 0 Å². The van der Waals surface area contributed by atoms with Gasteiger partial charge in [0.15, 0.2) is 0 Å². The summed E-state index contributed by atoms with van der Waals surface area (Å²) >= 11 is 0. The average molecular weight is 779 g/mol. The van der Waals surface area contributed by atoms with Crippen LogP contribution in [0.3, 0.4) is 0 Å². The number of fused-ring (bicyclic) bond motifs is 12. The molecule has 3 aromatic heterocycles. The molecule has 0 saturated heterocycles. The fourth-order valence-electron chi connectivity index (χ4n) is 10.4. The zero-order valence-corrected chi connectivity index (χ0v) is 33.8. The molecule has 9 aromatic carbocycles. The average Bonchev–Trinajstić information content (AvgIpc) is 3.91. The Balaban J connectivity index is 1.03. The first-order valence-corrected chi connectivity index (χ1v) is 21.1. The van der Waals surface area contributed by atoms with Crippen LogP contribution in [0.15, 0.2) is 194 Å². The molecule has 0 unspecified atom stereocenters. The van der Waals surface area contributed by atoms with Crippen molar-refractivity contribution in [2.45, 2.75) is 19.3 Å². The zero-order valence-electron chi connectivity index (χ0n) is 33.8. The first kappa shape index (κ1) is 34.1. The van der Waals surface area contributed by atoms with Crippen molar-refractivity contribution in [3.63, 3.8) is 0 Å². The SMILES string of the molecule is CC1(C)c2ccccc2-c2cc(-c3nc(-n4c5ccccc5c5cc(-c6ccc7c8ccccc8n(-c8ccccc8)c7c6)ccc54)nc4c3ccc3ccccc34)ccc21. The fraction of sp³-hybridized carbons (Fsp3) is 0.0526. The van der Waals surface area contributed by atoms with Crippen molar-refractivity contribution in [2.75, 3.05) is 0 Å². The van der Waals surface area contributed by atoms with Crippen LogP contribution in [0.25, 0.3) is 110 Å². The summed E-state index contributed by atoms with van der Waals surface area (Å²) in [5.74, 6) is 0.660. The molecular weight excluding hydrogens is 741 g/mol. The normalized spacial score (nSPS) is 13.2. The van der Waals surface area contributed by atoms with Crippen LogP contribution >= 0.6 is 0 Å². The monoisotopic (exact) mass is 778 g/mol. The second-order valence-electron chi connectivity index (χ2n) is 17.0. The molecule has 3 heterocycles. The molecule has 13 rings (SSSR count). The minimum atomic E-state index is -0.0759. The lowest BCUT2D eigenvalue weighted by Gasteiger charge is -2.21. The number of para-hydroxylation sites is 3. The summed E-state index contributed by atoms with van der Waals surface area (Å²) in [6, 6.07) is 70.6. The van der Waals surface area contributed by atoms with Crippen LogP contribution in [0.2, 0.25) is 0 Å². The van der Waals surface area contributed by atoms with Gasteiger partial charge in [0, 0.05) is 49.0 Å². The lowest BCUT2D eigenvalue weighted by molar-refractivity contribution is 0.660. The first-order valence-electron chi connectivity index (χ1n) is 21.1. The summed E-state index contributed by atoms with van der Waals surface area (Å²) in [7, 11) is 0. The molecule has 1 aliphatic carbocycles. The van der Waals surface area contributed by atoms with Crippen molar-refractivity contribution in [1.82, 2.24) is 19.1 Å². The Morgan fingerprint density at radius 2 is 0.984 bits per heavy atom. The standard InChI is InChI=1S/C57H38N4/c1-57(2)48-21-11-8-18-41(48)46-33-38(26-30-49(46)57)54-45-29-24-35-14-6-7-17-40(35)55(45)59-56(58-54)61-51-23-13-10-20-43(51)47-32-36(27-31-52(47)61)37-25-28-44-42-19-9-12-22-50(42)60(53(44)34-37)39-15-4-3-5-16-39/h3-34H,1-2H3. The Kier molecular flexibility index (Phi) is 7.04. The lowest BCUT2D eigenvalue weighted by Crippen LogP contribution is -2.14. The second kappa shape index (κ2) is 12.6. The van der Waals surface area contributed by atoms with E-state index in [1.165, 1.54) is 55.0 Å². The number of nitrogens with zero attached hydrogens (tertiary/aromatic N) is 4. The van der Waals surface area contributed by atoms with Gasteiger partial charge < -0.3 is 4.57 Å². The molecule has 0 radical (unpaired) electrons. The van der Waals surface area contributed by atoms with E-state index in [1.54, 1.807) is 0 Å². The van der Waals surface area contributed by atoms with Crippen molar-refractivity contribution in [1.29, 1.82) is 0 Å². The molecule has 286 valence electrons. The maximum absolute atomic E-state index is 5.56. The molecule has 12 aromatic rings. The van der Waals surface area contributed by atoms with Gasteiger partial charge in [-0.1, -0.05) is 153 Å². The van der Waals surface area contributed by atoms with Gasteiger partial charge in [-0.3, -0.25) is 4.57 Å². The van der Waals surface area contributed by atoms with Crippen LogP contribution in [-0.4, -0.2) is 19.1 Å². The maximum Gasteiger partial charge on any atom is 0.235 e. The van der Waals surface area contributed by atoms with Gasteiger partial charge >= 0.3 is 0 Å². The molecular formula is C57H38N4. The van der Waals surface area contributed by atoms with E-state index in [1.807, 2.05) is 0 Å². The quantitative estimate of drug-likeness (QED) is 0.167. The molecule has 0 fully saturated rings. The highest BCUT2D eigenvalue weighted by Gasteiger charge is 2.35. The van der Waals surface area contributed by atoms with E-state index in [4.69, 9.17) is 9.97 Å². The summed E-state index contributed by atoms with van der Waals surface area (Å²) in [4.78, 5) is 11.0. The fourth-order valence-corrected chi connectivity index (χ4v) is 10.4. The third kappa shape index (κ3) is 4.87. The molecule has 4 nitrogen and oxygen atoms in total. The van der Waals surface area contributed by atoms with Gasteiger partial charge in [-0.25, -0.2) is 9.97 Å². The zero-order chi connectivity index (χ0) is 40.4. The van der Waals surface area contributed by atoms with Gasteiger partial charge in [-0.2, -0.15) is 0 Å². The predicted octanol–water partition coefficient (Wildman–Crippen LogP) is 14.6. The van der Waals surface area contributed by atoms with Gasteiger partial charge in [0.2, 0.25) is 5.95 Å². The smallest absolute Gasteiger partial charge is 0.235 e. The van der Waals surface area contributed by atoms with Crippen LogP contribution in [0.4, 0.5) is 0 Å². The Morgan fingerprint density at radius 1 is 0.377 bits per heavy atom. The Hall–Kier alpha value is -7.82. The number of hydrogen-bond donors (Lipinski definition) is 0.